The molecule has 2 aromatic carbocycles. The zero-order chi connectivity index (χ0) is 11.5. The lowest BCUT2D eigenvalue weighted by molar-refractivity contribution is 0.476. The minimum absolute atomic E-state index is 0.308. The number of rotatable bonds is 2. The average molecular weight is 237 g/mol. The summed E-state index contributed by atoms with van der Waals surface area (Å²) in [5.41, 5.74) is 0.817. The van der Waals surface area contributed by atoms with Crippen molar-refractivity contribution in [2.45, 2.75) is 6.92 Å². The van der Waals surface area contributed by atoms with Gasteiger partial charge in [0.15, 0.2) is 0 Å². The number of benzene rings is 2. The van der Waals surface area contributed by atoms with Crippen molar-refractivity contribution in [1.82, 2.24) is 0 Å². The van der Waals surface area contributed by atoms with Crippen molar-refractivity contribution >= 4 is 11.6 Å². The highest BCUT2D eigenvalue weighted by molar-refractivity contribution is 6.30. The molecule has 0 unspecified atom stereocenters. The van der Waals surface area contributed by atoms with Gasteiger partial charge in [0, 0.05) is 11.1 Å². The number of hydrogen-bond acceptors (Lipinski definition) is 1. The van der Waals surface area contributed by atoms with E-state index < -0.39 is 0 Å². The molecule has 0 radical (unpaired) electrons. The Morgan fingerprint density at radius 2 is 1.88 bits per heavy atom. The third-order valence-corrected chi connectivity index (χ3v) is 2.28. The molecule has 0 heterocycles. The van der Waals surface area contributed by atoms with E-state index in [4.69, 9.17) is 16.3 Å². The molecular weight excluding hydrogens is 227 g/mol. The van der Waals surface area contributed by atoms with Crippen LogP contribution in [0.4, 0.5) is 4.39 Å². The van der Waals surface area contributed by atoms with Gasteiger partial charge in [0.2, 0.25) is 0 Å². The van der Waals surface area contributed by atoms with Crippen molar-refractivity contribution in [2.75, 3.05) is 0 Å². The molecule has 0 spiro atoms. The maximum Gasteiger partial charge on any atom is 0.130 e. The van der Waals surface area contributed by atoms with Crippen LogP contribution in [0, 0.1) is 12.7 Å². The van der Waals surface area contributed by atoms with Crippen LogP contribution in [0.5, 0.6) is 11.5 Å². The van der Waals surface area contributed by atoms with Gasteiger partial charge in [-0.15, -0.1) is 0 Å². The number of halogens is 2. The molecule has 1 nitrogen and oxygen atoms in total. The average Bonchev–Trinajstić information content (AvgIpc) is 2.15. The normalized spacial score (nSPS) is 10.2. The summed E-state index contributed by atoms with van der Waals surface area (Å²) >= 11 is 5.82. The van der Waals surface area contributed by atoms with Crippen molar-refractivity contribution in [2.24, 2.45) is 0 Å². The van der Waals surface area contributed by atoms with Crippen molar-refractivity contribution in [3.8, 4) is 11.5 Å². The third kappa shape index (κ3) is 2.74. The summed E-state index contributed by atoms with van der Waals surface area (Å²) in [6, 6.07) is 11.5. The smallest absolute Gasteiger partial charge is 0.130 e. The molecule has 0 bridgehead atoms. The highest BCUT2D eigenvalue weighted by Crippen LogP contribution is 2.25. The standard InChI is InChI=1S/C13H10ClFO/c1-9-5-11(15)8-13(6-9)16-12-4-2-3-10(14)7-12/h2-8H,1H3. The van der Waals surface area contributed by atoms with Gasteiger partial charge in [-0.2, -0.15) is 0 Å². The van der Waals surface area contributed by atoms with Gasteiger partial charge in [0.1, 0.15) is 17.3 Å². The fourth-order valence-electron chi connectivity index (χ4n) is 1.43. The first-order valence-corrected chi connectivity index (χ1v) is 5.22. The largest absolute Gasteiger partial charge is 0.457 e. The second-order valence-electron chi connectivity index (χ2n) is 3.52. The van der Waals surface area contributed by atoms with Gasteiger partial charge in [0.05, 0.1) is 0 Å². The summed E-state index contributed by atoms with van der Waals surface area (Å²) in [5, 5.41) is 0.589. The van der Waals surface area contributed by atoms with Crippen LogP contribution in [0.2, 0.25) is 5.02 Å². The quantitative estimate of drug-likeness (QED) is 0.742. The number of hydrogen-bond donors (Lipinski definition) is 0. The maximum atomic E-state index is 13.1. The zero-order valence-electron chi connectivity index (χ0n) is 8.71. The Kier molecular flexibility index (Phi) is 3.11. The van der Waals surface area contributed by atoms with Crippen LogP contribution in [0.3, 0.4) is 0 Å². The minimum atomic E-state index is -0.308. The molecule has 0 aliphatic carbocycles. The number of aryl methyl sites for hydroxylation is 1. The summed E-state index contributed by atoms with van der Waals surface area (Å²) < 4.78 is 18.6. The highest BCUT2D eigenvalue weighted by atomic mass is 35.5. The Hall–Kier alpha value is -1.54. The molecule has 0 N–H and O–H groups in total. The van der Waals surface area contributed by atoms with Crippen molar-refractivity contribution in [3.63, 3.8) is 0 Å². The van der Waals surface area contributed by atoms with Crippen LogP contribution in [0.25, 0.3) is 0 Å². The van der Waals surface area contributed by atoms with E-state index in [1.807, 2.05) is 6.92 Å². The monoisotopic (exact) mass is 236 g/mol. The van der Waals surface area contributed by atoms with E-state index in [0.29, 0.717) is 16.5 Å². The Morgan fingerprint density at radius 3 is 2.56 bits per heavy atom. The molecule has 2 aromatic rings. The predicted molar refractivity (Wildman–Crippen MR) is 62.7 cm³/mol. The molecule has 82 valence electrons. The maximum absolute atomic E-state index is 13.1. The fourth-order valence-corrected chi connectivity index (χ4v) is 1.61. The molecule has 3 heteroatoms. The third-order valence-electron chi connectivity index (χ3n) is 2.05. The molecule has 0 saturated heterocycles. The lowest BCUT2D eigenvalue weighted by Gasteiger charge is -2.06. The molecule has 0 saturated carbocycles. The van der Waals surface area contributed by atoms with Gasteiger partial charge >= 0.3 is 0 Å². The highest BCUT2D eigenvalue weighted by Gasteiger charge is 2.01. The molecule has 0 amide bonds. The van der Waals surface area contributed by atoms with E-state index in [9.17, 15) is 4.39 Å². The van der Waals surface area contributed by atoms with Crippen molar-refractivity contribution in [3.05, 3.63) is 58.9 Å². The fraction of sp³-hybridized carbons (Fsp3) is 0.0769. The number of ether oxygens (including phenoxy) is 1. The summed E-state index contributed by atoms with van der Waals surface area (Å²) in [6.45, 7) is 1.81. The summed E-state index contributed by atoms with van der Waals surface area (Å²) in [6.07, 6.45) is 0. The van der Waals surface area contributed by atoms with Crippen LogP contribution in [-0.2, 0) is 0 Å². The van der Waals surface area contributed by atoms with Crippen LogP contribution >= 0.6 is 11.6 Å². The lowest BCUT2D eigenvalue weighted by Crippen LogP contribution is -1.86. The van der Waals surface area contributed by atoms with Crippen LogP contribution in [0.15, 0.2) is 42.5 Å². The minimum Gasteiger partial charge on any atom is -0.457 e. The zero-order valence-corrected chi connectivity index (χ0v) is 9.46. The SMILES string of the molecule is Cc1cc(F)cc(Oc2cccc(Cl)c2)c1. The van der Waals surface area contributed by atoms with Gasteiger partial charge in [-0.05, 0) is 42.8 Å². The second kappa shape index (κ2) is 4.54. The first-order valence-electron chi connectivity index (χ1n) is 4.84. The van der Waals surface area contributed by atoms with Crippen LogP contribution < -0.4 is 4.74 Å². The van der Waals surface area contributed by atoms with Gasteiger partial charge in [0.25, 0.3) is 0 Å². The summed E-state index contributed by atoms with van der Waals surface area (Å²) in [5.74, 6) is 0.759. The van der Waals surface area contributed by atoms with Crippen LogP contribution in [0.1, 0.15) is 5.56 Å². The first kappa shape index (κ1) is 11.0. The van der Waals surface area contributed by atoms with E-state index in [1.54, 1.807) is 30.3 Å². The molecule has 0 aliphatic rings. The molecular formula is C13H10ClFO. The van der Waals surface area contributed by atoms with E-state index in [-0.39, 0.29) is 5.82 Å². The first-order chi connectivity index (χ1) is 7.63. The molecule has 0 atom stereocenters. The van der Waals surface area contributed by atoms with Crippen molar-refractivity contribution < 1.29 is 9.13 Å². The van der Waals surface area contributed by atoms with Gasteiger partial charge in [-0.3, -0.25) is 0 Å². The van der Waals surface area contributed by atoms with Crippen molar-refractivity contribution in [1.29, 1.82) is 0 Å². The Morgan fingerprint density at radius 1 is 1.06 bits per heavy atom. The van der Waals surface area contributed by atoms with E-state index in [2.05, 4.69) is 0 Å². The Bertz CT molecular complexity index is 491. The summed E-state index contributed by atoms with van der Waals surface area (Å²) in [7, 11) is 0. The Balaban J connectivity index is 2.27. The molecule has 0 fully saturated rings. The van der Waals surface area contributed by atoms with Crippen LogP contribution in [-0.4, -0.2) is 0 Å². The Labute approximate surface area is 98.4 Å². The van der Waals surface area contributed by atoms with Gasteiger partial charge < -0.3 is 4.74 Å². The lowest BCUT2D eigenvalue weighted by atomic mass is 10.2. The topological polar surface area (TPSA) is 9.23 Å². The molecule has 2 rings (SSSR count). The van der Waals surface area contributed by atoms with E-state index in [0.717, 1.165) is 5.56 Å². The molecule has 16 heavy (non-hydrogen) atoms. The molecule has 0 aliphatic heterocycles. The molecule has 0 aromatic heterocycles. The van der Waals surface area contributed by atoms with E-state index in [1.165, 1.54) is 12.1 Å². The predicted octanol–water partition coefficient (Wildman–Crippen LogP) is 4.58. The second-order valence-corrected chi connectivity index (χ2v) is 3.96. The van der Waals surface area contributed by atoms with Gasteiger partial charge in [-0.25, -0.2) is 4.39 Å². The van der Waals surface area contributed by atoms with Gasteiger partial charge in [-0.1, -0.05) is 17.7 Å². The summed E-state index contributed by atoms with van der Waals surface area (Å²) in [4.78, 5) is 0. The van der Waals surface area contributed by atoms with E-state index >= 15 is 0 Å².